The van der Waals surface area contributed by atoms with Crippen LogP contribution in [0.3, 0.4) is 0 Å². The van der Waals surface area contributed by atoms with E-state index in [0.717, 1.165) is 15.9 Å². The number of aliphatic carboxylic acids is 7. The molecule has 1 heterocycles. The predicted octanol–water partition coefficient (Wildman–Crippen LogP) is -4.50. The summed E-state index contributed by atoms with van der Waals surface area (Å²) >= 11 is 0. The number of carbonyl (C=O) groups excluding carboxylic acids is 3. The van der Waals surface area contributed by atoms with Crippen molar-refractivity contribution in [2.24, 2.45) is 0 Å². The summed E-state index contributed by atoms with van der Waals surface area (Å²) in [5, 5.41) is 72.5. The van der Waals surface area contributed by atoms with Crippen LogP contribution < -0.4 is 16.0 Å². The van der Waals surface area contributed by atoms with E-state index in [1.54, 1.807) is 19.6 Å². The van der Waals surface area contributed by atoms with Crippen molar-refractivity contribution in [1.82, 2.24) is 40.0 Å². The minimum atomic E-state index is -1.31. The number of rotatable bonds is 25. The summed E-state index contributed by atoms with van der Waals surface area (Å²) in [6, 6.07) is 3.60. The predicted molar refractivity (Wildman–Crippen MR) is 212 cm³/mol. The highest BCUT2D eigenvalue weighted by Crippen LogP contribution is 2.16. The van der Waals surface area contributed by atoms with E-state index in [2.05, 4.69) is 16.0 Å². The smallest absolute Gasteiger partial charge is 0.317 e. The standard InChI is InChI=1S/C36H53N9O17/c46-27(16-40-5-7-41(17-28(47)48)9-11-43(19-30(51)52)12-10-42(8-6-40)18-29(49)50)39-26-14-24(35(61)37-1-3-44(20-31(53)54)21-32(55)56)13-25(15-26)36(62)38-2-4-45(22-33(57)58)23-34(59)60/h13-15H,1-12,16-23H2,(H,37,61)(H,38,62)(H,39,46)(H,47,48)(H,49,50)(H,51,52)(H,53,54)(H,55,56)(H,57,58)(H,59,60). The maximum Gasteiger partial charge on any atom is 0.317 e. The van der Waals surface area contributed by atoms with Gasteiger partial charge in [0.2, 0.25) is 5.91 Å². The second-order valence-electron chi connectivity index (χ2n) is 14.1. The van der Waals surface area contributed by atoms with Crippen LogP contribution in [0.15, 0.2) is 18.2 Å². The number of hydrogen-bond donors (Lipinski definition) is 10. The van der Waals surface area contributed by atoms with Gasteiger partial charge in [-0.2, -0.15) is 0 Å². The Hall–Kier alpha value is -6.32. The van der Waals surface area contributed by atoms with Crippen molar-refractivity contribution in [2.75, 3.05) is 136 Å². The molecule has 0 saturated carbocycles. The molecule has 1 aromatic rings. The van der Waals surface area contributed by atoms with Gasteiger partial charge < -0.3 is 51.7 Å². The SMILES string of the molecule is O=C(O)CN1CCN(CC(=O)O)CCN(CC(=O)Nc2cc(C(=O)NCCN(CC(=O)O)CC(=O)O)cc(C(=O)NCCN(CC(=O)O)CC(=O)O)c2)CCN(CC(=O)O)CC1. The van der Waals surface area contributed by atoms with Gasteiger partial charge in [-0.25, -0.2) is 0 Å². The van der Waals surface area contributed by atoms with Crippen LogP contribution in [0.1, 0.15) is 20.7 Å². The van der Waals surface area contributed by atoms with E-state index in [1.807, 2.05) is 0 Å². The summed E-state index contributed by atoms with van der Waals surface area (Å²) in [6.45, 7) is -3.80. The maximum atomic E-state index is 13.6. The summed E-state index contributed by atoms with van der Waals surface area (Å²) < 4.78 is 0. The minimum absolute atomic E-state index is 0.0579. The molecule has 0 spiro atoms. The molecule has 26 nitrogen and oxygen atoms in total. The fourth-order valence-corrected chi connectivity index (χ4v) is 6.20. The van der Waals surface area contributed by atoms with Crippen molar-refractivity contribution >= 4 is 65.2 Å². The van der Waals surface area contributed by atoms with E-state index in [1.165, 1.54) is 12.1 Å². The van der Waals surface area contributed by atoms with Crippen LogP contribution in [0.4, 0.5) is 5.69 Å². The summed E-state index contributed by atoms with van der Waals surface area (Å²) in [5.74, 6) is -10.9. The molecule has 2 rings (SSSR count). The van der Waals surface area contributed by atoms with Crippen LogP contribution >= 0.6 is 0 Å². The second kappa shape index (κ2) is 26.8. The highest BCUT2D eigenvalue weighted by molar-refractivity contribution is 6.03. The Kier molecular flexibility index (Phi) is 22.4. The first-order valence-corrected chi connectivity index (χ1v) is 19.1. The Balaban J connectivity index is 2.36. The first-order valence-electron chi connectivity index (χ1n) is 19.1. The molecule has 0 bridgehead atoms. The lowest BCUT2D eigenvalue weighted by Crippen LogP contribution is -2.49. The summed E-state index contributed by atoms with van der Waals surface area (Å²) in [6.07, 6.45) is 0. The summed E-state index contributed by atoms with van der Waals surface area (Å²) in [5.41, 5.74) is -0.407. The van der Waals surface area contributed by atoms with Crippen LogP contribution in [0.2, 0.25) is 0 Å². The van der Waals surface area contributed by atoms with Crippen molar-refractivity contribution in [3.05, 3.63) is 29.3 Å². The third-order valence-electron chi connectivity index (χ3n) is 8.98. The molecule has 0 unspecified atom stereocenters. The Morgan fingerprint density at radius 3 is 1.00 bits per heavy atom. The minimum Gasteiger partial charge on any atom is -0.480 e. The molecule has 62 heavy (non-hydrogen) atoms. The highest BCUT2D eigenvalue weighted by atomic mass is 16.4. The molecule has 3 amide bonds. The Bertz CT molecular complexity index is 1640. The van der Waals surface area contributed by atoms with Crippen molar-refractivity contribution in [1.29, 1.82) is 0 Å². The van der Waals surface area contributed by atoms with E-state index in [0.29, 0.717) is 0 Å². The fraction of sp³-hybridized carbons (Fsp3) is 0.556. The fourth-order valence-electron chi connectivity index (χ4n) is 6.20. The highest BCUT2D eigenvalue weighted by Gasteiger charge is 2.23. The van der Waals surface area contributed by atoms with Crippen LogP contribution in [0.25, 0.3) is 0 Å². The Morgan fingerprint density at radius 2 is 0.726 bits per heavy atom. The van der Waals surface area contributed by atoms with Gasteiger partial charge in [-0.05, 0) is 18.2 Å². The number of amides is 3. The van der Waals surface area contributed by atoms with Crippen molar-refractivity contribution < 1.29 is 83.7 Å². The van der Waals surface area contributed by atoms with Crippen molar-refractivity contribution in [3.63, 3.8) is 0 Å². The number of nitrogens with one attached hydrogen (secondary N) is 3. The number of benzene rings is 1. The molecule has 1 aromatic carbocycles. The van der Waals surface area contributed by atoms with Crippen LogP contribution in [0.5, 0.6) is 0 Å². The van der Waals surface area contributed by atoms with Gasteiger partial charge in [0, 0.05) is 95.4 Å². The molecule has 26 heteroatoms. The molecule has 1 fully saturated rings. The van der Waals surface area contributed by atoms with Gasteiger partial charge in [0.05, 0.1) is 52.4 Å². The van der Waals surface area contributed by atoms with Gasteiger partial charge in [0.1, 0.15) is 0 Å². The third-order valence-corrected chi connectivity index (χ3v) is 8.98. The van der Waals surface area contributed by atoms with Gasteiger partial charge >= 0.3 is 41.8 Å². The topological polar surface area (TPSA) is 368 Å². The van der Waals surface area contributed by atoms with Gasteiger partial charge in [-0.1, -0.05) is 0 Å². The molecular formula is C36H53N9O17. The second-order valence-corrected chi connectivity index (χ2v) is 14.1. The van der Waals surface area contributed by atoms with E-state index in [4.69, 9.17) is 20.4 Å². The maximum absolute atomic E-state index is 13.6. The van der Waals surface area contributed by atoms with E-state index >= 15 is 0 Å². The lowest BCUT2D eigenvalue weighted by Gasteiger charge is -2.32. The number of carbonyl (C=O) groups is 10. The van der Waals surface area contributed by atoms with E-state index in [-0.39, 0.29) is 122 Å². The molecule has 1 aliphatic rings. The zero-order chi connectivity index (χ0) is 46.4. The van der Waals surface area contributed by atoms with Crippen molar-refractivity contribution in [2.45, 2.75) is 0 Å². The molecule has 1 saturated heterocycles. The number of hydrogen-bond acceptors (Lipinski definition) is 16. The van der Waals surface area contributed by atoms with Crippen LogP contribution in [-0.2, 0) is 38.4 Å². The average molecular weight is 884 g/mol. The van der Waals surface area contributed by atoms with E-state index in [9.17, 15) is 63.3 Å². The number of anilines is 1. The molecule has 0 atom stereocenters. The zero-order valence-electron chi connectivity index (χ0n) is 33.8. The normalized spacial score (nSPS) is 14.9. The van der Waals surface area contributed by atoms with Gasteiger partial charge in [0.25, 0.3) is 11.8 Å². The first kappa shape index (κ1) is 51.8. The monoisotopic (exact) mass is 883 g/mol. The number of carboxylic acids is 7. The van der Waals surface area contributed by atoms with E-state index < -0.39 is 85.7 Å². The van der Waals surface area contributed by atoms with Gasteiger partial charge in [-0.3, -0.25) is 77.3 Å². The van der Waals surface area contributed by atoms with Gasteiger partial charge in [0.15, 0.2) is 0 Å². The Morgan fingerprint density at radius 1 is 0.435 bits per heavy atom. The summed E-state index contributed by atoms with van der Waals surface area (Å²) in [4.78, 5) is 128. The van der Waals surface area contributed by atoms with Crippen molar-refractivity contribution in [3.8, 4) is 0 Å². The third kappa shape index (κ3) is 22.3. The largest absolute Gasteiger partial charge is 0.480 e. The van der Waals surface area contributed by atoms with Crippen LogP contribution in [0, 0.1) is 0 Å². The lowest BCUT2D eigenvalue weighted by atomic mass is 10.1. The molecule has 0 aromatic heterocycles. The number of carboxylic acid groups (broad SMARTS) is 7. The van der Waals surface area contributed by atoms with Crippen LogP contribution in [-0.4, -0.2) is 256 Å². The molecule has 0 radical (unpaired) electrons. The summed E-state index contributed by atoms with van der Waals surface area (Å²) in [7, 11) is 0. The quantitative estimate of drug-likeness (QED) is 0.0442. The molecule has 10 N–H and O–H groups in total. The Labute approximate surface area is 354 Å². The zero-order valence-corrected chi connectivity index (χ0v) is 33.8. The number of nitrogens with zero attached hydrogens (tertiary/aromatic N) is 6. The molecule has 1 aliphatic heterocycles. The first-order chi connectivity index (χ1) is 29.2. The molecule has 344 valence electrons. The molecule has 0 aliphatic carbocycles. The average Bonchev–Trinajstić information content (AvgIpc) is 3.13. The molecular weight excluding hydrogens is 830 g/mol. The lowest BCUT2D eigenvalue weighted by molar-refractivity contribution is -0.143. The van der Waals surface area contributed by atoms with Gasteiger partial charge in [-0.15, -0.1) is 0 Å².